The van der Waals surface area contributed by atoms with Gasteiger partial charge in [0.1, 0.15) is 6.04 Å². The summed E-state index contributed by atoms with van der Waals surface area (Å²) in [6, 6.07) is 20.2. The van der Waals surface area contributed by atoms with E-state index in [1.807, 2.05) is 54.3 Å². The summed E-state index contributed by atoms with van der Waals surface area (Å²) >= 11 is 0. The highest BCUT2D eigenvalue weighted by atomic mass is 35.5. The van der Waals surface area contributed by atoms with Crippen LogP contribution in [0, 0.1) is 18.8 Å². The first-order chi connectivity index (χ1) is 23.4. The molecule has 3 aromatic carbocycles. The number of carbonyl (C=O) groups is 3. The first-order valence-corrected chi connectivity index (χ1v) is 16.7. The Kier molecular flexibility index (Phi) is 12.1. The van der Waals surface area contributed by atoms with Crippen LogP contribution in [0.1, 0.15) is 47.2 Å². The molecular formula is C36H44ClN9O3. The van der Waals surface area contributed by atoms with Gasteiger partial charge in [-0.25, -0.2) is 0 Å². The lowest BCUT2D eigenvalue weighted by Crippen LogP contribution is -2.48. The second-order valence-corrected chi connectivity index (χ2v) is 12.8. The molecule has 0 bridgehead atoms. The van der Waals surface area contributed by atoms with Crippen LogP contribution < -0.4 is 21.7 Å². The highest BCUT2D eigenvalue weighted by Crippen LogP contribution is 2.29. The summed E-state index contributed by atoms with van der Waals surface area (Å²) in [4.78, 5) is 42.2. The molecule has 0 unspecified atom stereocenters. The number of aromatic amines is 1. The number of piperazine rings is 1. The van der Waals surface area contributed by atoms with Crippen molar-refractivity contribution in [3.05, 3.63) is 83.4 Å². The summed E-state index contributed by atoms with van der Waals surface area (Å²) in [6.45, 7) is 5.67. The zero-order chi connectivity index (χ0) is 33.5. The molecule has 6 N–H and O–H groups in total. The van der Waals surface area contributed by atoms with Gasteiger partial charge < -0.3 is 26.6 Å². The molecule has 2 heterocycles. The first-order valence-electron chi connectivity index (χ1n) is 16.7. The maximum Gasteiger partial charge on any atom is 0.253 e. The molecule has 1 aliphatic carbocycles. The van der Waals surface area contributed by atoms with E-state index in [1.165, 1.54) is 0 Å². The van der Waals surface area contributed by atoms with Crippen molar-refractivity contribution in [3.8, 4) is 22.5 Å². The number of aromatic nitrogens is 4. The maximum absolute atomic E-state index is 13.7. The fourth-order valence-corrected chi connectivity index (χ4v) is 6.55. The van der Waals surface area contributed by atoms with Crippen LogP contribution in [-0.2, 0) is 16.0 Å². The molecule has 2 fully saturated rings. The molecule has 258 valence electrons. The Morgan fingerprint density at radius 1 is 0.939 bits per heavy atom. The number of carbonyl (C=O) groups excluding carboxylic acids is 3. The van der Waals surface area contributed by atoms with Gasteiger partial charge in [-0.1, -0.05) is 30.3 Å². The Balaban J connectivity index is 0.00000468. The second-order valence-electron chi connectivity index (χ2n) is 12.8. The predicted octanol–water partition coefficient (Wildman–Crippen LogP) is 3.74. The van der Waals surface area contributed by atoms with Crippen molar-refractivity contribution < 1.29 is 14.4 Å². The molecule has 49 heavy (non-hydrogen) atoms. The topological polar surface area (TPSA) is 171 Å². The number of anilines is 1. The van der Waals surface area contributed by atoms with Crippen LogP contribution in [0.2, 0.25) is 0 Å². The second kappa shape index (κ2) is 16.6. The van der Waals surface area contributed by atoms with E-state index in [9.17, 15) is 14.4 Å². The molecule has 1 saturated heterocycles. The number of rotatable bonds is 10. The van der Waals surface area contributed by atoms with E-state index in [-0.39, 0.29) is 36.0 Å². The average Bonchev–Trinajstić information content (AvgIpc) is 3.68. The third-order valence-electron chi connectivity index (χ3n) is 9.53. The number of hydrogen-bond acceptors (Lipinski definition) is 8. The van der Waals surface area contributed by atoms with Crippen LogP contribution >= 0.6 is 12.4 Å². The number of halogens is 1. The number of nitrogens with two attached hydrogens (primary N) is 1. The summed E-state index contributed by atoms with van der Waals surface area (Å²) in [5, 5.41) is 23.3. The fourth-order valence-electron chi connectivity index (χ4n) is 6.55. The Labute approximate surface area is 292 Å². The molecule has 3 amide bonds. The van der Waals surface area contributed by atoms with Crippen molar-refractivity contribution in [2.24, 2.45) is 17.6 Å². The van der Waals surface area contributed by atoms with Gasteiger partial charge in [0, 0.05) is 55.3 Å². The standard InChI is InChI=1S/C36H43N9O3.ClH/c1-23-2-7-29(36(48)45-18-16-38-17-19-45)21-31(23)26-8-3-24(4-9-26)20-32(40-34(46)28-10-5-25(22-37)6-11-28)35(47)39-30-14-12-27(13-15-30)33-41-43-44-42-33;/h2-4,7-9,12-15,21,25,28,32,38H,5-6,10-11,16-20,22,37H2,1H3,(H,39,47)(H,40,46)(H,41,42,43,44);1H/t25-,28-,32-;/m0./s1. The van der Waals surface area contributed by atoms with E-state index in [2.05, 4.69) is 36.6 Å². The average molecular weight is 686 g/mol. The number of nitrogens with zero attached hydrogens (tertiary/aromatic N) is 4. The van der Waals surface area contributed by atoms with Crippen LogP contribution in [0.25, 0.3) is 22.5 Å². The van der Waals surface area contributed by atoms with Crippen molar-refractivity contribution >= 4 is 35.8 Å². The van der Waals surface area contributed by atoms with Gasteiger partial charge in [-0.2, -0.15) is 5.21 Å². The Bertz CT molecular complexity index is 1700. The molecule has 1 aromatic heterocycles. The first kappa shape index (κ1) is 35.7. The lowest BCUT2D eigenvalue weighted by molar-refractivity contribution is -0.130. The van der Waals surface area contributed by atoms with Crippen molar-refractivity contribution in [3.63, 3.8) is 0 Å². The number of aryl methyl sites for hydroxylation is 1. The molecule has 0 radical (unpaired) electrons. The molecule has 4 aromatic rings. The third-order valence-corrected chi connectivity index (χ3v) is 9.53. The van der Waals surface area contributed by atoms with Crippen LogP contribution in [0.5, 0.6) is 0 Å². The van der Waals surface area contributed by atoms with Crippen LogP contribution in [-0.4, -0.2) is 82.0 Å². The highest BCUT2D eigenvalue weighted by molar-refractivity contribution is 5.98. The lowest BCUT2D eigenvalue weighted by atomic mass is 9.81. The molecule has 12 nitrogen and oxygen atoms in total. The number of amides is 3. The molecule has 13 heteroatoms. The zero-order valence-electron chi connectivity index (χ0n) is 27.7. The Morgan fingerprint density at radius 2 is 1.63 bits per heavy atom. The molecule has 6 rings (SSSR count). The normalized spacial score (nSPS) is 18.2. The van der Waals surface area contributed by atoms with E-state index in [4.69, 9.17) is 5.73 Å². The van der Waals surface area contributed by atoms with Gasteiger partial charge in [0.05, 0.1) is 0 Å². The summed E-state index contributed by atoms with van der Waals surface area (Å²) < 4.78 is 0. The number of hydrogen-bond donors (Lipinski definition) is 5. The van der Waals surface area contributed by atoms with E-state index in [0.717, 1.165) is 66.6 Å². The van der Waals surface area contributed by atoms with E-state index >= 15 is 0 Å². The van der Waals surface area contributed by atoms with Crippen molar-refractivity contribution in [2.75, 3.05) is 38.0 Å². The fraction of sp³-hybridized carbons (Fsp3) is 0.389. The van der Waals surface area contributed by atoms with Gasteiger partial charge in [0.2, 0.25) is 17.6 Å². The molecule has 2 aliphatic rings. The van der Waals surface area contributed by atoms with E-state index < -0.39 is 6.04 Å². The number of benzene rings is 3. The monoisotopic (exact) mass is 685 g/mol. The third kappa shape index (κ3) is 8.88. The SMILES string of the molecule is Cc1ccc(C(=O)N2CCNCC2)cc1-c1ccc(C[C@H](NC(=O)[C@H]2CC[C@H](CN)CC2)C(=O)Nc2ccc(-c3nn[nH]n3)cc2)cc1.Cl. The zero-order valence-corrected chi connectivity index (χ0v) is 28.5. The lowest BCUT2D eigenvalue weighted by Gasteiger charge is -2.28. The van der Waals surface area contributed by atoms with Crippen LogP contribution in [0.3, 0.4) is 0 Å². The van der Waals surface area contributed by atoms with Gasteiger partial charge >= 0.3 is 0 Å². The molecule has 1 aliphatic heterocycles. The minimum absolute atomic E-state index is 0. The van der Waals surface area contributed by atoms with E-state index in [1.54, 1.807) is 24.3 Å². The van der Waals surface area contributed by atoms with Crippen LogP contribution in [0.4, 0.5) is 5.69 Å². The minimum atomic E-state index is -0.783. The predicted molar refractivity (Wildman–Crippen MR) is 191 cm³/mol. The highest BCUT2D eigenvalue weighted by Gasteiger charge is 2.29. The summed E-state index contributed by atoms with van der Waals surface area (Å²) in [7, 11) is 0. The van der Waals surface area contributed by atoms with Crippen LogP contribution in [0.15, 0.2) is 66.7 Å². The number of tetrazole rings is 1. The van der Waals surface area contributed by atoms with Gasteiger partial charge in [0.15, 0.2) is 0 Å². The summed E-state index contributed by atoms with van der Waals surface area (Å²) in [6.07, 6.45) is 3.69. The smallest absolute Gasteiger partial charge is 0.253 e. The number of H-pyrrole nitrogens is 1. The Hall–Kier alpha value is -4.65. The largest absolute Gasteiger partial charge is 0.344 e. The van der Waals surface area contributed by atoms with E-state index in [0.29, 0.717) is 49.0 Å². The molecule has 0 spiro atoms. The summed E-state index contributed by atoms with van der Waals surface area (Å²) in [5.41, 5.74) is 11.8. The van der Waals surface area contributed by atoms with Gasteiger partial charge in [-0.3, -0.25) is 14.4 Å². The van der Waals surface area contributed by atoms with Gasteiger partial charge in [-0.05, 0) is 109 Å². The van der Waals surface area contributed by atoms with Crippen molar-refractivity contribution in [2.45, 2.75) is 45.1 Å². The quantitative estimate of drug-likeness (QED) is 0.168. The molecule has 1 atom stereocenters. The summed E-state index contributed by atoms with van der Waals surface area (Å²) in [5.74, 6) is 0.408. The van der Waals surface area contributed by atoms with Crippen molar-refractivity contribution in [1.29, 1.82) is 0 Å². The Morgan fingerprint density at radius 3 is 2.29 bits per heavy atom. The molecular weight excluding hydrogens is 642 g/mol. The molecule has 1 saturated carbocycles. The number of nitrogens with one attached hydrogen (secondary N) is 4. The van der Waals surface area contributed by atoms with Crippen molar-refractivity contribution in [1.82, 2.24) is 36.2 Å². The van der Waals surface area contributed by atoms with Gasteiger partial charge in [-0.15, -0.1) is 22.6 Å². The minimum Gasteiger partial charge on any atom is -0.344 e. The maximum atomic E-state index is 13.7. The van der Waals surface area contributed by atoms with Gasteiger partial charge in [0.25, 0.3) is 5.91 Å².